The summed E-state index contributed by atoms with van der Waals surface area (Å²) >= 11 is 0. The smallest absolute Gasteiger partial charge is 0.116 e. The maximum absolute atomic E-state index is 5.46. The number of H-pyrrole nitrogens is 2. The third kappa shape index (κ3) is 3.48. The lowest BCUT2D eigenvalue weighted by Gasteiger charge is -2.26. The van der Waals surface area contributed by atoms with Crippen molar-refractivity contribution < 1.29 is 4.74 Å². The zero-order chi connectivity index (χ0) is 20.6. The molecule has 7 nitrogen and oxygen atoms in total. The van der Waals surface area contributed by atoms with Gasteiger partial charge in [-0.1, -0.05) is 12.1 Å². The zero-order valence-electron chi connectivity index (χ0n) is 17.0. The first kappa shape index (κ1) is 18.2. The van der Waals surface area contributed by atoms with Crippen LogP contribution in [-0.2, 0) is 11.3 Å². The Balaban J connectivity index is 1.36. The standard InChI is InChI=1S/C24H22N6O/c1-3-20-18(11-16(1)15-30-7-9-31-10-8-30)13-22(27-20)24-19-12-17(2-4-21(19)28-29-24)23-14-25-5-6-26-23/h1-6,11-14,27H,7-10,15H2,(H,28,29). The number of hydrogen-bond acceptors (Lipinski definition) is 5. The number of ether oxygens (including phenoxy) is 1. The van der Waals surface area contributed by atoms with Crippen LogP contribution in [0.5, 0.6) is 0 Å². The van der Waals surface area contributed by atoms with Gasteiger partial charge >= 0.3 is 0 Å². The molecule has 31 heavy (non-hydrogen) atoms. The van der Waals surface area contributed by atoms with E-state index in [4.69, 9.17) is 4.74 Å². The summed E-state index contributed by atoms with van der Waals surface area (Å²) in [6.45, 7) is 4.57. The van der Waals surface area contributed by atoms with Crippen molar-refractivity contribution in [2.75, 3.05) is 26.3 Å². The SMILES string of the molecule is c1cnc(-c2ccc3[nH]nc(-c4cc5cc(CN6CCOCC6)ccc5[nH]4)c3c2)cn1. The van der Waals surface area contributed by atoms with Crippen LogP contribution in [0.3, 0.4) is 0 Å². The first-order valence-electron chi connectivity index (χ1n) is 10.5. The Morgan fingerprint density at radius 1 is 0.968 bits per heavy atom. The molecule has 0 spiro atoms. The van der Waals surface area contributed by atoms with Gasteiger partial charge in [-0.25, -0.2) is 0 Å². The van der Waals surface area contributed by atoms with Crippen molar-refractivity contribution in [3.05, 3.63) is 66.6 Å². The summed E-state index contributed by atoms with van der Waals surface area (Å²) in [5.41, 5.74) is 7.20. The van der Waals surface area contributed by atoms with Crippen LogP contribution in [-0.4, -0.2) is 56.4 Å². The molecular weight excluding hydrogens is 388 g/mol. The van der Waals surface area contributed by atoms with Crippen LogP contribution >= 0.6 is 0 Å². The van der Waals surface area contributed by atoms with Crippen molar-refractivity contribution in [2.24, 2.45) is 0 Å². The molecule has 1 fully saturated rings. The molecule has 0 aliphatic carbocycles. The molecule has 6 rings (SSSR count). The molecule has 1 aliphatic rings. The quantitative estimate of drug-likeness (QED) is 0.468. The molecule has 1 aliphatic heterocycles. The van der Waals surface area contributed by atoms with E-state index in [2.05, 4.69) is 60.4 Å². The molecule has 2 N–H and O–H groups in total. The Hall–Kier alpha value is -3.55. The summed E-state index contributed by atoms with van der Waals surface area (Å²) in [6, 6.07) is 15.0. The van der Waals surface area contributed by atoms with Crippen LogP contribution in [0, 0.1) is 0 Å². The molecule has 1 saturated heterocycles. The van der Waals surface area contributed by atoms with E-state index in [1.807, 2.05) is 12.1 Å². The van der Waals surface area contributed by atoms with Crippen LogP contribution < -0.4 is 0 Å². The van der Waals surface area contributed by atoms with E-state index in [-0.39, 0.29) is 0 Å². The van der Waals surface area contributed by atoms with Crippen LogP contribution in [0.4, 0.5) is 0 Å². The molecule has 0 saturated carbocycles. The van der Waals surface area contributed by atoms with Crippen molar-refractivity contribution >= 4 is 21.8 Å². The van der Waals surface area contributed by atoms with Crippen LogP contribution in [0.15, 0.2) is 61.1 Å². The lowest BCUT2D eigenvalue weighted by atomic mass is 10.1. The highest BCUT2D eigenvalue weighted by Gasteiger charge is 2.14. The number of hydrogen-bond donors (Lipinski definition) is 2. The molecule has 0 bridgehead atoms. The van der Waals surface area contributed by atoms with Gasteiger partial charge in [-0.05, 0) is 35.9 Å². The number of aromatic nitrogens is 5. The summed E-state index contributed by atoms with van der Waals surface area (Å²) in [4.78, 5) is 14.6. The number of nitrogens with one attached hydrogen (secondary N) is 2. The van der Waals surface area contributed by atoms with E-state index < -0.39 is 0 Å². The van der Waals surface area contributed by atoms with Crippen molar-refractivity contribution in [2.45, 2.75) is 6.54 Å². The first-order chi connectivity index (χ1) is 15.3. The largest absolute Gasteiger partial charge is 0.379 e. The number of rotatable bonds is 4. The van der Waals surface area contributed by atoms with Crippen molar-refractivity contribution in [1.82, 2.24) is 30.0 Å². The molecule has 154 valence electrons. The lowest BCUT2D eigenvalue weighted by Crippen LogP contribution is -2.35. The second kappa shape index (κ2) is 7.61. The Kier molecular flexibility index (Phi) is 4.48. The Morgan fingerprint density at radius 2 is 1.87 bits per heavy atom. The highest BCUT2D eigenvalue weighted by atomic mass is 16.5. The van der Waals surface area contributed by atoms with Gasteiger partial charge in [-0.15, -0.1) is 0 Å². The molecule has 3 aromatic heterocycles. The summed E-state index contributed by atoms with van der Waals surface area (Å²) in [7, 11) is 0. The second-order valence-electron chi connectivity index (χ2n) is 7.92. The van der Waals surface area contributed by atoms with E-state index in [1.165, 1.54) is 10.9 Å². The number of fused-ring (bicyclic) bond motifs is 2. The van der Waals surface area contributed by atoms with E-state index in [1.54, 1.807) is 18.6 Å². The predicted molar refractivity (Wildman–Crippen MR) is 121 cm³/mol. The maximum atomic E-state index is 5.46. The van der Waals surface area contributed by atoms with Gasteiger partial charge in [0.1, 0.15) is 5.69 Å². The molecule has 7 heteroatoms. The predicted octanol–water partition coefficient (Wildman–Crippen LogP) is 4.00. The van der Waals surface area contributed by atoms with Gasteiger partial charge in [0.2, 0.25) is 0 Å². The fraction of sp³-hybridized carbons (Fsp3) is 0.208. The number of morpholine rings is 1. The lowest BCUT2D eigenvalue weighted by molar-refractivity contribution is 0.0342. The average molecular weight is 410 g/mol. The number of aromatic amines is 2. The van der Waals surface area contributed by atoms with Gasteiger partial charge in [-0.3, -0.25) is 20.0 Å². The van der Waals surface area contributed by atoms with Gasteiger partial charge < -0.3 is 9.72 Å². The summed E-state index contributed by atoms with van der Waals surface area (Å²) in [6.07, 6.45) is 5.17. The second-order valence-corrected chi connectivity index (χ2v) is 7.92. The van der Waals surface area contributed by atoms with Crippen molar-refractivity contribution in [1.29, 1.82) is 0 Å². The topological polar surface area (TPSA) is 82.7 Å². The van der Waals surface area contributed by atoms with Gasteiger partial charge in [0.25, 0.3) is 0 Å². The van der Waals surface area contributed by atoms with E-state index in [9.17, 15) is 0 Å². The maximum Gasteiger partial charge on any atom is 0.116 e. The van der Waals surface area contributed by atoms with Gasteiger partial charge in [0.05, 0.1) is 36.3 Å². The molecule has 0 atom stereocenters. The van der Waals surface area contributed by atoms with E-state index in [0.717, 1.165) is 71.9 Å². The summed E-state index contributed by atoms with van der Waals surface area (Å²) < 4.78 is 5.46. The fourth-order valence-electron chi connectivity index (χ4n) is 4.25. The third-order valence-electron chi connectivity index (χ3n) is 5.87. The average Bonchev–Trinajstić information content (AvgIpc) is 3.43. The molecular formula is C24H22N6O. The van der Waals surface area contributed by atoms with Crippen LogP contribution in [0.2, 0.25) is 0 Å². The third-order valence-corrected chi connectivity index (χ3v) is 5.87. The molecule has 4 heterocycles. The summed E-state index contributed by atoms with van der Waals surface area (Å²) in [5, 5.41) is 10.0. The highest BCUT2D eigenvalue weighted by molar-refractivity contribution is 5.97. The van der Waals surface area contributed by atoms with Crippen LogP contribution in [0.25, 0.3) is 44.5 Å². The summed E-state index contributed by atoms with van der Waals surface area (Å²) in [5.74, 6) is 0. The number of nitrogens with zero attached hydrogens (tertiary/aromatic N) is 4. The molecule has 0 amide bonds. The minimum absolute atomic E-state index is 0.819. The minimum atomic E-state index is 0.819. The highest BCUT2D eigenvalue weighted by Crippen LogP contribution is 2.31. The fourth-order valence-corrected chi connectivity index (χ4v) is 4.25. The van der Waals surface area contributed by atoms with Crippen molar-refractivity contribution in [3.8, 4) is 22.6 Å². The monoisotopic (exact) mass is 410 g/mol. The van der Waals surface area contributed by atoms with E-state index in [0.29, 0.717) is 0 Å². The molecule has 5 aromatic rings. The Labute approximate surface area is 179 Å². The van der Waals surface area contributed by atoms with Gasteiger partial charge in [-0.2, -0.15) is 5.10 Å². The molecule has 2 aromatic carbocycles. The van der Waals surface area contributed by atoms with Crippen molar-refractivity contribution in [3.63, 3.8) is 0 Å². The van der Waals surface area contributed by atoms with E-state index >= 15 is 0 Å². The Morgan fingerprint density at radius 3 is 2.74 bits per heavy atom. The minimum Gasteiger partial charge on any atom is -0.379 e. The number of benzene rings is 2. The van der Waals surface area contributed by atoms with Crippen LogP contribution in [0.1, 0.15) is 5.56 Å². The first-order valence-corrected chi connectivity index (χ1v) is 10.5. The molecule has 0 unspecified atom stereocenters. The van der Waals surface area contributed by atoms with Gasteiger partial charge in [0, 0.05) is 53.9 Å². The Bertz CT molecular complexity index is 1350. The normalized spacial score (nSPS) is 15.1. The van der Waals surface area contributed by atoms with Gasteiger partial charge in [0.15, 0.2) is 0 Å². The molecule has 0 radical (unpaired) electrons. The zero-order valence-corrected chi connectivity index (χ0v) is 17.0.